The zero-order valence-electron chi connectivity index (χ0n) is 15.4. The van der Waals surface area contributed by atoms with Crippen LogP contribution in [0.1, 0.15) is 30.7 Å². The second-order valence-electron chi connectivity index (χ2n) is 6.15. The van der Waals surface area contributed by atoms with Crippen molar-refractivity contribution in [3.63, 3.8) is 0 Å². The number of halogens is 1. The Bertz CT molecular complexity index is 719. The molecular weight excluding hydrogens is 372 g/mol. The molecule has 0 aromatic carbocycles. The molecule has 1 unspecified atom stereocenters. The van der Waals surface area contributed by atoms with E-state index in [-0.39, 0.29) is 6.10 Å². The van der Waals surface area contributed by atoms with Gasteiger partial charge >= 0.3 is 0 Å². The highest BCUT2D eigenvalue weighted by atomic mass is 35.5. The Hall–Kier alpha value is -1.48. The van der Waals surface area contributed by atoms with Crippen LogP contribution in [0.2, 0.25) is 5.15 Å². The molecule has 1 atom stereocenters. The summed E-state index contributed by atoms with van der Waals surface area (Å²) in [4.78, 5) is 17.8. The highest BCUT2D eigenvalue weighted by molar-refractivity contribution is 7.09. The standard InChI is InChI=1S/C17H25ClN6OS/c1-4-25-12(2)17-22-13(10-26-17)9-23-5-7-24(8-6-23)16-14(19-3)15(18)20-11-21-16/h10-12,19H,4-9H2,1-3H3. The van der Waals surface area contributed by atoms with Crippen LogP contribution in [-0.2, 0) is 11.3 Å². The molecule has 2 aromatic rings. The molecule has 9 heteroatoms. The first-order chi connectivity index (χ1) is 12.6. The van der Waals surface area contributed by atoms with Gasteiger partial charge in [0.15, 0.2) is 11.0 Å². The van der Waals surface area contributed by atoms with Crippen molar-refractivity contribution in [1.82, 2.24) is 19.9 Å². The fourth-order valence-electron chi connectivity index (χ4n) is 3.06. The molecule has 26 heavy (non-hydrogen) atoms. The van der Waals surface area contributed by atoms with E-state index in [9.17, 15) is 0 Å². The number of ether oxygens (including phenoxy) is 1. The second-order valence-corrected chi connectivity index (χ2v) is 7.40. The molecule has 0 radical (unpaired) electrons. The van der Waals surface area contributed by atoms with E-state index < -0.39 is 0 Å². The number of hydrogen-bond donors (Lipinski definition) is 1. The predicted molar refractivity (Wildman–Crippen MR) is 106 cm³/mol. The van der Waals surface area contributed by atoms with Gasteiger partial charge in [0.25, 0.3) is 0 Å². The zero-order valence-corrected chi connectivity index (χ0v) is 17.0. The number of anilines is 2. The molecule has 3 rings (SSSR count). The molecule has 0 aliphatic carbocycles. The lowest BCUT2D eigenvalue weighted by Crippen LogP contribution is -2.46. The van der Waals surface area contributed by atoms with Crippen molar-refractivity contribution in [2.45, 2.75) is 26.5 Å². The molecule has 1 N–H and O–H groups in total. The third-order valence-electron chi connectivity index (χ3n) is 4.42. The average molecular weight is 397 g/mol. The third kappa shape index (κ3) is 4.43. The van der Waals surface area contributed by atoms with Crippen LogP contribution in [0.15, 0.2) is 11.7 Å². The summed E-state index contributed by atoms with van der Waals surface area (Å²) in [6.07, 6.45) is 1.58. The van der Waals surface area contributed by atoms with Gasteiger partial charge in [0.1, 0.15) is 23.1 Å². The molecule has 1 fully saturated rings. The number of hydrogen-bond acceptors (Lipinski definition) is 8. The SMILES string of the molecule is CCOC(C)c1nc(CN2CCN(c3ncnc(Cl)c3NC)CC2)cs1. The minimum Gasteiger partial charge on any atom is -0.383 e. The summed E-state index contributed by atoms with van der Waals surface area (Å²) in [5, 5.41) is 6.75. The van der Waals surface area contributed by atoms with Crippen LogP contribution in [0.4, 0.5) is 11.5 Å². The van der Waals surface area contributed by atoms with Crippen molar-refractivity contribution in [2.24, 2.45) is 0 Å². The molecular formula is C17H25ClN6OS. The molecule has 142 valence electrons. The lowest BCUT2D eigenvalue weighted by atomic mass is 10.3. The Balaban J connectivity index is 1.57. The zero-order chi connectivity index (χ0) is 18.5. The van der Waals surface area contributed by atoms with E-state index in [2.05, 4.69) is 37.4 Å². The van der Waals surface area contributed by atoms with Crippen LogP contribution in [0.3, 0.4) is 0 Å². The number of rotatable bonds is 7. The molecule has 2 aromatic heterocycles. The van der Waals surface area contributed by atoms with Crippen molar-refractivity contribution in [1.29, 1.82) is 0 Å². The molecule has 7 nitrogen and oxygen atoms in total. The van der Waals surface area contributed by atoms with Gasteiger partial charge in [-0.3, -0.25) is 4.90 Å². The number of nitrogens with zero attached hydrogens (tertiary/aromatic N) is 5. The Kier molecular flexibility index (Phi) is 6.63. The summed E-state index contributed by atoms with van der Waals surface area (Å²) in [7, 11) is 1.84. The van der Waals surface area contributed by atoms with Gasteiger partial charge in [0.05, 0.1) is 5.69 Å². The molecule has 0 spiro atoms. The summed E-state index contributed by atoms with van der Waals surface area (Å²) in [6, 6.07) is 0. The van der Waals surface area contributed by atoms with Crippen LogP contribution in [-0.4, -0.2) is 59.7 Å². The third-order valence-corrected chi connectivity index (χ3v) is 5.76. The first kappa shape index (κ1) is 19.3. The summed E-state index contributed by atoms with van der Waals surface area (Å²) in [5.74, 6) is 0.869. The predicted octanol–water partition coefficient (Wildman–Crippen LogP) is 3.05. The minimum atomic E-state index is 0.0677. The van der Waals surface area contributed by atoms with Gasteiger partial charge in [0.2, 0.25) is 0 Å². The number of piperazine rings is 1. The summed E-state index contributed by atoms with van der Waals surface area (Å²) < 4.78 is 5.62. The van der Waals surface area contributed by atoms with E-state index in [4.69, 9.17) is 21.3 Å². The van der Waals surface area contributed by atoms with E-state index in [1.54, 1.807) is 11.3 Å². The van der Waals surface area contributed by atoms with Crippen LogP contribution in [0.25, 0.3) is 0 Å². The van der Waals surface area contributed by atoms with Gasteiger partial charge in [-0.2, -0.15) is 0 Å². The molecule has 1 aliphatic rings. The van der Waals surface area contributed by atoms with Crippen LogP contribution in [0.5, 0.6) is 0 Å². The van der Waals surface area contributed by atoms with Crippen molar-refractivity contribution in [3.8, 4) is 0 Å². The van der Waals surface area contributed by atoms with Gasteiger partial charge < -0.3 is 15.0 Å². The maximum absolute atomic E-state index is 6.17. The normalized spacial score (nSPS) is 16.7. The fourth-order valence-corrected chi connectivity index (χ4v) is 4.10. The van der Waals surface area contributed by atoms with Gasteiger partial charge in [-0.1, -0.05) is 11.6 Å². The molecule has 0 saturated carbocycles. The van der Waals surface area contributed by atoms with Gasteiger partial charge in [-0.05, 0) is 13.8 Å². The van der Waals surface area contributed by atoms with Gasteiger partial charge in [0, 0.05) is 51.8 Å². The smallest absolute Gasteiger partial charge is 0.157 e. The second kappa shape index (κ2) is 8.94. The Morgan fingerprint density at radius 3 is 2.77 bits per heavy atom. The van der Waals surface area contributed by atoms with Crippen LogP contribution < -0.4 is 10.2 Å². The van der Waals surface area contributed by atoms with E-state index in [0.717, 1.165) is 54.9 Å². The van der Waals surface area contributed by atoms with E-state index in [1.165, 1.54) is 6.33 Å². The fraction of sp³-hybridized carbons (Fsp3) is 0.588. The number of thiazole rings is 1. The topological polar surface area (TPSA) is 66.4 Å². The lowest BCUT2D eigenvalue weighted by Gasteiger charge is -2.35. The highest BCUT2D eigenvalue weighted by Crippen LogP contribution is 2.29. The van der Waals surface area contributed by atoms with Crippen molar-refractivity contribution in [2.75, 3.05) is 50.1 Å². The lowest BCUT2D eigenvalue weighted by molar-refractivity contribution is 0.0760. The molecule has 0 amide bonds. The molecule has 3 heterocycles. The van der Waals surface area contributed by atoms with Gasteiger partial charge in [-0.25, -0.2) is 15.0 Å². The maximum Gasteiger partial charge on any atom is 0.157 e. The summed E-state index contributed by atoms with van der Waals surface area (Å²) in [5.41, 5.74) is 1.91. The Morgan fingerprint density at radius 1 is 1.31 bits per heavy atom. The van der Waals surface area contributed by atoms with Crippen LogP contribution >= 0.6 is 22.9 Å². The van der Waals surface area contributed by atoms with Gasteiger partial charge in [-0.15, -0.1) is 11.3 Å². The van der Waals surface area contributed by atoms with Crippen molar-refractivity contribution in [3.05, 3.63) is 27.6 Å². The molecule has 1 saturated heterocycles. The first-order valence-corrected chi connectivity index (χ1v) is 10.1. The first-order valence-electron chi connectivity index (χ1n) is 8.83. The largest absolute Gasteiger partial charge is 0.383 e. The summed E-state index contributed by atoms with van der Waals surface area (Å²) in [6.45, 7) is 9.35. The Morgan fingerprint density at radius 2 is 2.08 bits per heavy atom. The number of aromatic nitrogens is 3. The van der Waals surface area contributed by atoms with Crippen molar-refractivity contribution < 1.29 is 4.74 Å². The monoisotopic (exact) mass is 396 g/mol. The summed E-state index contributed by atoms with van der Waals surface area (Å²) >= 11 is 7.84. The van der Waals surface area contributed by atoms with E-state index >= 15 is 0 Å². The average Bonchev–Trinajstić information content (AvgIpc) is 3.11. The van der Waals surface area contributed by atoms with Crippen LogP contribution in [0, 0.1) is 0 Å². The van der Waals surface area contributed by atoms with E-state index in [0.29, 0.717) is 11.8 Å². The van der Waals surface area contributed by atoms with Crippen molar-refractivity contribution >= 4 is 34.4 Å². The Labute approximate surface area is 163 Å². The maximum atomic E-state index is 6.17. The quantitative estimate of drug-likeness (QED) is 0.721. The van der Waals surface area contributed by atoms with E-state index in [1.807, 2.05) is 14.0 Å². The molecule has 0 bridgehead atoms. The molecule has 1 aliphatic heterocycles. The number of nitrogens with one attached hydrogen (secondary N) is 1. The minimum absolute atomic E-state index is 0.0677. The highest BCUT2D eigenvalue weighted by Gasteiger charge is 2.22.